The van der Waals surface area contributed by atoms with Crippen molar-refractivity contribution < 1.29 is 8.78 Å². The molecule has 0 amide bonds. The summed E-state index contributed by atoms with van der Waals surface area (Å²) in [5.41, 5.74) is 11.4. The third kappa shape index (κ3) is 8.73. The summed E-state index contributed by atoms with van der Waals surface area (Å²) < 4.78 is 30.0. The molecule has 1 aliphatic carbocycles. The van der Waals surface area contributed by atoms with Gasteiger partial charge in [-0.1, -0.05) is 56.4 Å². The van der Waals surface area contributed by atoms with Gasteiger partial charge in [-0.25, -0.2) is 13.8 Å². The highest BCUT2D eigenvalue weighted by Crippen LogP contribution is 2.31. The summed E-state index contributed by atoms with van der Waals surface area (Å²) >= 11 is 0. The summed E-state index contributed by atoms with van der Waals surface area (Å²) in [4.78, 5) is 12.3. The van der Waals surface area contributed by atoms with Crippen LogP contribution in [0.25, 0.3) is 11.1 Å². The minimum absolute atomic E-state index is 0.114. The number of rotatable bonds is 12. The number of benzene rings is 1. The van der Waals surface area contributed by atoms with Gasteiger partial charge in [0, 0.05) is 59.0 Å². The number of nitrogens with two attached hydrogens (primary N) is 1. The summed E-state index contributed by atoms with van der Waals surface area (Å²) in [5, 5.41) is 3.51. The third-order valence-electron chi connectivity index (χ3n) is 7.52. The van der Waals surface area contributed by atoms with Crippen LogP contribution < -0.4 is 11.1 Å². The second kappa shape index (κ2) is 16.2. The predicted molar refractivity (Wildman–Crippen MR) is 174 cm³/mol. The highest BCUT2D eigenvalue weighted by Gasteiger charge is 2.20. The number of hydrogen-bond donors (Lipinski definition) is 3. The lowest BCUT2D eigenvalue weighted by molar-refractivity contribution is 0.489. The number of nitrogens with one attached hydrogen (secondary N) is 2. The molecule has 5 nitrogen and oxygen atoms in total. The van der Waals surface area contributed by atoms with Gasteiger partial charge in [-0.15, -0.1) is 12.8 Å². The van der Waals surface area contributed by atoms with Crippen LogP contribution in [0, 0.1) is 31.5 Å². The molecule has 7 heteroatoms. The molecule has 1 fully saturated rings. The molecule has 43 heavy (non-hydrogen) atoms. The molecule has 0 aliphatic heterocycles. The minimum atomic E-state index is -0.513. The van der Waals surface area contributed by atoms with E-state index in [1.807, 2.05) is 19.1 Å². The maximum atomic E-state index is 16.1. The maximum Gasteiger partial charge on any atom is 0.136 e. The Hall–Kier alpha value is -4.54. The van der Waals surface area contributed by atoms with E-state index in [1.54, 1.807) is 43.6 Å². The van der Waals surface area contributed by atoms with Crippen LogP contribution in [0.3, 0.4) is 0 Å². The van der Waals surface area contributed by atoms with Gasteiger partial charge in [-0.2, -0.15) is 0 Å². The Kier molecular flexibility index (Phi) is 12.4. The number of aromatic amines is 1. The van der Waals surface area contributed by atoms with Crippen LogP contribution in [0.4, 0.5) is 8.78 Å². The average Bonchev–Trinajstić information content (AvgIpc) is 3.68. The van der Waals surface area contributed by atoms with E-state index >= 15 is 4.39 Å². The quantitative estimate of drug-likeness (QED) is 0.151. The molecule has 0 bridgehead atoms. The van der Waals surface area contributed by atoms with E-state index < -0.39 is 5.83 Å². The van der Waals surface area contributed by atoms with Crippen molar-refractivity contribution in [2.45, 2.75) is 52.5 Å². The number of terminal acetylenes is 1. The Labute approximate surface area is 254 Å². The molecule has 1 aliphatic rings. The number of pyridine rings is 1. The molecule has 2 heterocycles. The van der Waals surface area contributed by atoms with Crippen molar-refractivity contribution in [3.05, 3.63) is 131 Å². The number of aromatic nitrogens is 3. The van der Waals surface area contributed by atoms with Gasteiger partial charge in [0.2, 0.25) is 0 Å². The largest absolute Gasteiger partial charge is 0.399 e. The zero-order valence-corrected chi connectivity index (χ0v) is 25.1. The SMILES string of the molecule is C#C.C=C/C=C(/c1cccc(F)c1)c1nc(CC(/C(N)=C\C)=C(\F)C(=C)c2cncc(CNCC3CCCC3)c2)[nH]c1C. The maximum absolute atomic E-state index is 16.1. The smallest absolute Gasteiger partial charge is 0.136 e. The van der Waals surface area contributed by atoms with E-state index in [2.05, 4.69) is 41.3 Å². The fraction of sp³-hybridized carbons (Fsp3) is 0.278. The first-order valence-electron chi connectivity index (χ1n) is 14.4. The molecule has 4 rings (SSSR count). The van der Waals surface area contributed by atoms with Gasteiger partial charge in [0.05, 0.1) is 5.69 Å². The first-order chi connectivity index (χ1) is 20.8. The number of aryl methyl sites for hydroxylation is 1. The molecule has 224 valence electrons. The van der Waals surface area contributed by atoms with Crippen LogP contribution in [0.1, 0.15) is 66.5 Å². The first kappa shape index (κ1) is 33.0. The van der Waals surface area contributed by atoms with Gasteiger partial charge in [0.25, 0.3) is 0 Å². The lowest BCUT2D eigenvalue weighted by Gasteiger charge is -2.13. The fourth-order valence-corrected chi connectivity index (χ4v) is 5.30. The van der Waals surface area contributed by atoms with Crippen LogP contribution in [0.15, 0.2) is 91.2 Å². The lowest BCUT2D eigenvalue weighted by Crippen LogP contribution is -2.20. The van der Waals surface area contributed by atoms with E-state index in [1.165, 1.54) is 37.8 Å². The van der Waals surface area contributed by atoms with Crippen molar-refractivity contribution in [3.8, 4) is 12.8 Å². The second-order valence-corrected chi connectivity index (χ2v) is 10.5. The molecule has 0 atom stereocenters. The molecule has 3 aromatic rings. The van der Waals surface area contributed by atoms with E-state index in [0.29, 0.717) is 40.5 Å². The summed E-state index contributed by atoms with van der Waals surface area (Å²) in [6.45, 7) is 13.1. The number of hydrogen-bond acceptors (Lipinski definition) is 4. The van der Waals surface area contributed by atoms with E-state index in [9.17, 15) is 4.39 Å². The topological polar surface area (TPSA) is 79.6 Å². The highest BCUT2D eigenvalue weighted by molar-refractivity contribution is 5.80. The molecular formula is C36H41F2N5. The van der Waals surface area contributed by atoms with Crippen LogP contribution in [-0.4, -0.2) is 21.5 Å². The summed E-state index contributed by atoms with van der Waals surface area (Å²) in [7, 11) is 0. The van der Waals surface area contributed by atoms with E-state index in [4.69, 9.17) is 10.7 Å². The molecule has 2 aromatic heterocycles. The number of H-pyrrole nitrogens is 1. The number of imidazole rings is 1. The standard InChI is InChI=1S/C34H39F2N5.C2H2/c1-5-10-29(26-13-9-14-28(35)16-26)34-23(4)40-32(41-34)17-30(31(37)6-2)33(36)22(3)27-15-25(20-39-21-27)19-38-18-24-11-7-8-12-24;1-2/h5-6,9-10,13-16,20-21,24,38H,1,3,7-8,11-12,17-19,37H2,2,4H3,(H,40,41);1-2H/b29-10-,31-6+,33-30+;. The summed E-state index contributed by atoms with van der Waals surface area (Å²) in [6.07, 6.45) is 21.8. The Bertz CT molecular complexity index is 1530. The van der Waals surface area contributed by atoms with Crippen molar-refractivity contribution >= 4 is 11.1 Å². The van der Waals surface area contributed by atoms with Crippen LogP contribution in [0.2, 0.25) is 0 Å². The lowest BCUT2D eigenvalue weighted by atomic mass is 9.99. The van der Waals surface area contributed by atoms with E-state index in [-0.39, 0.29) is 23.4 Å². The van der Waals surface area contributed by atoms with Crippen LogP contribution in [-0.2, 0) is 13.0 Å². The van der Waals surface area contributed by atoms with E-state index in [0.717, 1.165) is 23.7 Å². The Morgan fingerprint density at radius 1 is 1.19 bits per heavy atom. The number of allylic oxidation sites excluding steroid dienone is 6. The van der Waals surface area contributed by atoms with Crippen molar-refractivity contribution in [2.75, 3.05) is 6.54 Å². The van der Waals surface area contributed by atoms with Crippen LogP contribution in [0.5, 0.6) is 0 Å². The zero-order valence-electron chi connectivity index (χ0n) is 25.1. The molecular weight excluding hydrogens is 540 g/mol. The monoisotopic (exact) mass is 581 g/mol. The molecule has 0 spiro atoms. The molecule has 0 radical (unpaired) electrons. The van der Waals surface area contributed by atoms with Gasteiger partial charge >= 0.3 is 0 Å². The van der Waals surface area contributed by atoms with Gasteiger partial charge < -0.3 is 16.0 Å². The van der Waals surface area contributed by atoms with Crippen molar-refractivity contribution in [1.29, 1.82) is 0 Å². The summed E-state index contributed by atoms with van der Waals surface area (Å²) in [6, 6.07) is 8.21. The van der Waals surface area contributed by atoms with Gasteiger partial charge in [0.15, 0.2) is 0 Å². The minimum Gasteiger partial charge on any atom is -0.399 e. The Morgan fingerprint density at radius 3 is 2.60 bits per heavy atom. The molecule has 0 unspecified atom stereocenters. The van der Waals surface area contributed by atoms with Crippen LogP contribution >= 0.6 is 0 Å². The average molecular weight is 582 g/mol. The Balaban J connectivity index is 0.00000248. The van der Waals surface area contributed by atoms with Gasteiger partial charge in [0.1, 0.15) is 17.5 Å². The van der Waals surface area contributed by atoms with Gasteiger partial charge in [-0.05, 0) is 68.5 Å². The van der Waals surface area contributed by atoms with Crippen molar-refractivity contribution in [3.63, 3.8) is 0 Å². The number of halogens is 2. The normalized spacial score (nSPS) is 14.6. The van der Waals surface area contributed by atoms with Crippen molar-refractivity contribution in [1.82, 2.24) is 20.3 Å². The molecule has 1 saturated carbocycles. The third-order valence-corrected chi connectivity index (χ3v) is 7.52. The summed E-state index contributed by atoms with van der Waals surface area (Å²) in [5.74, 6) is 0.396. The van der Waals surface area contributed by atoms with Gasteiger partial charge in [-0.3, -0.25) is 4.98 Å². The fourth-order valence-electron chi connectivity index (χ4n) is 5.30. The first-order valence-corrected chi connectivity index (χ1v) is 14.4. The van der Waals surface area contributed by atoms with Crippen molar-refractivity contribution in [2.24, 2.45) is 11.7 Å². The Morgan fingerprint density at radius 2 is 1.93 bits per heavy atom. The second-order valence-electron chi connectivity index (χ2n) is 10.5. The zero-order chi connectivity index (χ0) is 31.4. The predicted octanol–water partition coefficient (Wildman–Crippen LogP) is 7.74. The highest BCUT2D eigenvalue weighted by atomic mass is 19.1. The number of nitrogens with zero attached hydrogens (tertiary/aromatic N) is 2. The molecule has 0 saturated heterocycles. The molecule has 1 aromatic carbocycles. The molecule has 4 N–H and O–H groups in total.